The lowest BCUT2D eigenvalue weighted by Gasteiger charge is -2.17. The number of carbonyl (C=O) groups is 1. The maximum absolute atomic E-state index is 13.4. The van der Waals surface area contributed by atoms with Crippen LogP contribution in [0.25, 0.3) is 0 Å². The Labute approximate surface area is 167 Å². The summed E-state index contributed by atoms with van der Waals surface area (Å²) >= 11 is 0. The van der Waals surface area contributed by atoms with Gasteiger partial charge in [-0.25, -0.2) is 0 Å². The van der Waals surface area contributed by atoms with Gasteiger partial charge in [0.1, 0.15) is 6.04 Å². The zero-order valence-corrected chi connectivity index (χ0v) is 16.7. The Morgan fingerprint density at radius 1 is 1.24 bits per heavy atom. The van der Waals surface area contributed by atoms with Crippen LogP contribution < -0.4 is 5.32 Å². The molecule has 29 heavy (non-hydrogen) atoms. The quantitative estimate of drug-likeness (QED) is 0.785. The minimum Gasteiger partial charge on any atom is -0.307 e. The molecule has 158 valence electrons. The standard InChI is InChI=1S/C20H26F3N5O/c1-3-15(28-16-10-6-9-14(16)18(26-28)20(21,22)23)19(29)24-17-11-12(2)27(25-17)13-7-4-5-8-13/h11,13,15H,3-10H2,1-2H3,(H,24,25,29)/t15-/m1/s1. The number of nitrogens with one attached hydrogen (secondary N) is 1. The van der Waals surface area contributed by atoms with Gasteiger partial charge in [0.05, 0.1) is 6.04 Å². The Hall–Kier alpha value is -2.32. The molecule has 0 bridgehead atoms. The largest absolute Gasteiger partial charge is 0.435 e. The molecule has 1 saturated carbocycles. The van der Waals surface area contributed by atoms with E-state index in [-0.39, 0.29) is 11.5 Å². The van der Waals surface area contributed by atoms with E-state index in [1.165, 1.54) is 17.5 Å². The Morgan fingerprint density at radius 3 is 2.62 bits per heavy atom. The van der Waals surface area contributed by atoms with Crippen molar-refractivity contribution in [3.8, 4) is 0 Å². The van der Waals surface area contributed by atoms with Crippen molar-refractivity contribution in [2.75, 3.05) is 5.32 Å². The van der Waals surface area contributed by atoms with Crippen LogP contribution >= 0.6 is 0 Å². The van der Waals surface area contributed by atoms with Crippen LogP contribution in [0.1, 0.15) is 80.2 Å². The highest BCUT2D eigenvalue weighted by Gasteiger charge is 2.41. The van der Waals surface area contributed by atoms with Gasteiger partial charge in [0.2, 0.25) is 5.91 Å². The van der Waals surface area contributed by atoms with Crippen molar-refractivity contribution in [2.45, 2.75) is 83.5 Å². The van der Waals surface area contributed by atoms with Gasteiger partial charge in [-0.15, -0.1) is 0 Å². The van der Waals surface area contributed by atoms with Crippen molar-refractivity contribution in [3.63, 3.8) is 0 Å². The monoisotopic (exact) mass is 409 g/mol. The van der Waals surface area contributed by atoms with Gasteiger partial charge in [0.15, 0.2) is 11.5 Å². The Balaban J connectivity index is 1.58. The minimum absolute atomic E-state index is 0.241. The summed E-state index contributed by atoms with van der Waals surface area (Å²) < 4.78 is 43.4. The normalized spacial score (nSPS) is 18.2. The molecule has 1 atom stereocenters. The number of carbonyl (C=O) groups excluding carboxylic acids is 1. The lowest BCUT2D eigenvalue weighted by atomic mass is 10.1. The first-order valence-electron chi connectivity index (χ1n) is 10.3. The van der Waals surface area contributed by atoms with Crippen LogP contribution in [0.5, 0.6) is 0 Å². The average molecular weight is 409 g/mol. The molecule has 0 saturated heterocycles. The molecule has 9 heteroatoms. The summed E-state index contributed by atoms with van der Waals surface area (Å²) in [6, 6.07) is 1.37. The number of amides is 1. The van der Waals surface area contributed by atoms with E-state index < -0.39 is 17.9 Å². The summed E-state index contributed by atoms with van der Waals surface area (Å²) in [5.41, 5.74) is 0.897. The molecule has 2 aromatic rings. The van der Waals surface area contributed by atoms with Gasteiger partial charge in [-0.1, -0.05) is 19.8 Å². The van der Waals surface area contributed by atoms with Crippen LogP contribution in [-0.4, -0.2) is 25.5 Å². The summed E-state index contributed by atoms with van der Waals surface area (Å²) in [4.78, 5) is 12.9. The Morgan fingerprint density at radius 2 is 1.97 bits per heavy atom. The number of aryl methyl sites for hydroxylation is 1. The molecule has 2 aliphatic rings. The summed E-state index contributed by atoms with van der Waals surface area (Å²) in [6.07, 6.45) is 1.86. The molecule has 2 aromatic heterocycles. The SMILES string of the molecule is CC[C@H](C(=O)Nc1cc(C)n(C2CCCC2)n1)n1nc(C(F)(F)F)c2c1CCC2. The third-order valence-corrected chi connectivity index (χ3v) is 6.06. The van der Waals surface area contributed by atoms with E-state index in [1.807, 2.05) is 17.7 Å². The lowest BCUT2D eigenvalue weighted by molar-refractivity contribution is -0.142. The van der Waals surface area contributed by atoms with Gasteiger partial charge < -0.3 is 5.32 Å². The second-order valence-electron chi connectivity index (χ2n) is 8.04. The number of aromatic nitrogens is 4. The van der Waals surface area contributed by atoms with Crippen molar-refractivity contribution in [2.24, 2.45) is 0 Å². The van der Waals surface area contributed by atoms with Crippen LogP contribution in [0.4, 0.5) is 19.0 Å². The minimum atomic E-state index is -4.51. The van der Waals surface area contributed by atoms with Crippen molar-refractivity contribution in [1.82, 2.24) is 19.6 Å². The molecule has 1 fully saturated rings. The van der Waals surface area contributed by atoms with Gasteiger partial charge in [-0.05, 0) is 45.4 Å². The molecule has 1 amide bonds. The van der Waals surface area contributed by atoms with Gasteiger partial charge in [0.25, 0.3) is 0 Å². The van der Waals surface area contributed by atoms with E-state index in [0.29, 0.717) is 43.2 Å². The molecular weight excluding hydrogens is 383 g/mol. The third kappa shape index (κ3) is 3.67. The molecule has 0 unspecified atom stereocenters. The third-order valence-electron chi connectivity index (χ3n) is 6.06. The number of hydrogen-bond acceptors (Lipinski definition) is 3. The summed E-state index contributed by atoms with van der Waals surface area (Å²) in [7, 11) is 0. The van der Waals surface area contributed by atoms with Crippen molar-refractivity contribution in [3.05, 3.63) is 28.7 Å². The lowest BCUT2D eigenvalue weighted by Crippen LogP contribution is -2.28. The highest BCUT2D eigenvalue weighted by molar-refractivity contribution is 5.93. The smallest absolute Gasteiger partial charge is 0.307 e. The molecule has 6 nitrogen and oxygen atoms in total. The van der Waals surface area contributed by atoms with Gasteiger partial charge in [0, 0.05) is 23.0 Å². The Bertz CT molecular complexity index is 908. The second kappa shape index (κ2) is 7.50. The number of alkyl halides is 3. The molecule has 2 aliphatic carbocycles. The summed E-state index contributed by atoms with van der Waals surface area (Å²) in [5, 5.41) is 11.2. The van der Waals surface area contributed by atoms with E-state index >= 15 is 0 Å². The van der Waals surface area contributed by atoms with E-state index in [1.54, 1.807) is 6.92 Å². The fraction of sp³-hybridized carbons (Fsp3) is 0.650. The van der Waals surface area contributed by atoms with Gasteiger partial charge in [-0.3, -0.25) is 14.2 Å². The number of hydrogen-bond donors (Lipinski definition) is 1. The van der Waals surface area contributed by atoms with Crippen LogP contribution in [0.3, 0.4) is 0 Å². The molecule has 4 rings (SSSR count). The Kier molecular flexibility index (Phi) is 5.16. The molecule has 2 heterocycles. The van der Waals surface area contributed by atoms with Crippen LogP contribution in [0.15, 0.2) is 6.07 Å². The van der Waals surface area contributed by atoms with Crippen molar-refractivity contribution >= 4 is 11.7 Å². The fourth-order valence-electron chi connectivity index (χ4n) is 4.70. The zero-order chi connectivity index (χ0) is 20.8. The number of anilines is 1. The van der Waals surface area contributed by atoms with Crippen LogP contribution in [0, 0.1) is 6.92 Å². The molecule has 1 N–H and O–H groups in total. The molecule has 0 aromatic carbocycles. The van der Waals surface area contributed by atoms with E-state index in [9.17, 15) is 18.0 Å². The maximum atomic E-state index is 13.4. The number of nitrogens with zero attached hydrogens (tertiary/aromatic N) is 4. The number of rotatable bonds is 5. The number of halogens is 3. The molecule has 0 radical (unpaired) electrons. The first-order valence-corrected chi connectivity index (χ1v) is 10.3. The van der Waals surface area contributed by atoms with Crippen LogP contribution in [-0.2, 0) is 23.8 Å². The second-order valence-corrected chi connectivity index (χ2v) is 8.04. The van der Waals surface area contributed by atoms with Gasteiger partial charge in [-0.2, -0.15) is 23.4 Å². The first-order chi connectivity index (χ1) is 13.8. The predicted octanol–water partition coefficient (Wildman–Crippen LogP) is 4.60. The van der Waals surface area contributed by atoms with E-state index in [2.05, 4.69) is 15.5 Å². The van der Waals surface area contributed by atoms with Gasteiger partial charge >= 0.3 is 6.18 Å². The van der Waals surface area contributed by atoms with Crippen LogP contribution in [0.2, 0.25) is 0 Å². The predicted molar refractivity (Wildman–Crippen MR) is 102 cm³/mol. The fourth-order valence-corrected chi connectivity index (χ4v) is 4.70. The molecule has 0 aliphatic heterocycles. The summed E-state index contributed by atoms with van der Waals surface area (Å²) in [6.45, 7) is 3.73. The number of fused-ring (bicyclic) bond motifs is 1. The zero-order valence-electron chi connectivity index (χ0n) is 16.7. The highest BCUT2D eigenvalue weighted by atomic mass is 19.4. The summed E-state index contributed by atoms with van der Waals surface area (Å²) in [5.74, 6) is 0.0622. The first kappa shape index (κ1) is 20.0. The van der Waals surface area contributed by atoms with E-state index in [0.717, 1.165) is 18.5 Å². The molecule has 0 spiro atoms. The highest BCUT2D eigenvalue weighted by Crippen LogP contribution is 2.38. The topological polar surface area (TPSA) is 64.7 Å². The average Bonchev–Trinajstić information content (AvgIpc) is 3.39. The van der Waals surface area contributed by atoms with E-state index in [4.69, 9.17) is 0 Å². The maximum Gasteiger partial charge on any atom is 0.435 e. The molecular formula is C20H26F3N5O. The van der Waals surface area contributed by atoms with Crippen molar-refractivity contribution < 1.29 is 18.0 Å². The van der Waals surface area contributed by atoms with Crippen molar-refractivity contribution in [1.29, 1.82) is 0 Å².